The van der Waals surface area contributed by atoms with Crippen LogP contribution in [0.15, 0.2) is 14.1 Å². The van der Waals surface area contributed by atoms with E-state index in [1.54, 1.807) is 6.92 Å². The van der Waals surface area contributed by atoms with E-state index in [-0.39, 0.29) is 16.1 Å². The number of thiophene rings is 1. The van der Waals surface area contributed by atoms with Crippen LogP contribution in [-0.4, -0.2) is 20.3 Å². The van der Waals surface area contributed by atoms with Gasteiger partial charge >= 0.3 is 0 Å². The van der Waals surface area contributed by atoms with Crippen LogP contribution in [0.25, 0.3) is 0 Å². The molecule has 0 saturated carbocycles. The normalized spacial score (nSPS) is 14.1. The molecule has 1 heterocycles. The van der Waals surface area contributed by atoms with Gasteiger partial charge in [-0.15, -0.1) is 22.9 Å². The molecule has 1 unspecified atom stereocenters. The smallest absolute Gasteiger partial charge is 0.209 e. The SMILES string of the molecule is CC(Cl)CNS(=O)(=O)c1cc(Cl)c(Br)s1. The van der Waals surface area contributed by atoms with Gasteiger partial charge in [0.15, 0.2) is 0 Å². The molecule has 0 aliphatic rings. The van der Waals surface area contributed by atoms with Crippen molar-refractivity contribution in [3.63, 3.8) is 0 Å². The number of nitrogens with one attached hydrogen (secondary N) is 1. The van der Waals surface area contributed by atoms with Crippen LogP contribution in [0.3, 0.4) is 0 Å². The van der Waals surface area contributed by atoms with E-state index < -0.39 is 10.0 Å². The van der Waals surface area contributed by atoms with Crippen LogP contribution in [0.2, 0.25) is 5.02 Å². The Kier molecular flexibility index (Phi) is 4.88. The van der Waals surface area contributed by atoms with Gasteiger partial charge in [-0.2, -0.15) is 0 Å². The third kappa shape index (κ3) is 3.87. The topological polar surface area (TPSA) is 46.2 Å². The van der Waals surface area contributed by atoms with Gasteiger partial charge in [-0.1, -0.05) is 11.6 Å². The molecule has 0 aliphatic carbocycles. The quantitative estimate of drug-likeness (QED) is 0.846. The van der Waals surface area contributed by atoms with Gasteiger partial charge < -0.3 is 0 Å². The van der Waals surface area contributed by atoms with Crippen LogP contribution in [0.1, 0.15) is 6.92 Å². The standard InChI is InChI=1S/C7H8BrCl2NO2S2/c1-4(9)3-11-15(12,13)6-2-5(10)7(8)14-6/h2,4,11H,3H2,1H3. The van der Waals surface area contributed by atoms with Crippen LogP contribution in [-0.2, 0) is 10.0 Å². The van der Waals surface area contributed by atoms with Crippen molar-refractivity contribution in [1.29, 1.82) is 0 Å². The highest BCUT2D eigenvalue weighted by Gasteiger charge is 2.18. The molecule has 1 aromatic rings. The van der Waals surface area contributed by atoms with Gasteiger partial charge in [0.25, 0.3) is 0 Å². The molecule has 1 aromatic heterocycles. The molecule has 0 aromatic carbocycles. The van der Waals surface area contributed by atoms with Gasteiger partial charge in [0, 0.05) is 11.9 Å². The summed E-state index contributed by atoms with van der Waals surface area (Å²) in [7, 11) is -3.49. The first kappa shape index (κ1) is 13.7. The van der Waals surface area contributed by atoms with Crippen molar-refractivity contribution in [3.8, 4) is 0 Å². The van der Waals surface area contributed by atoms with Crippen molar-refractivity contribution in [1.82, 2.24) is 4.72 Å². The molecule has 0 bridgehead atoms. The minimum absolute atomic E-state index is 0.177. The number of rotatable bonds is 4. The highest BCUT2D eigenvalue weighted by molar-refractivity contribution is 9.11. The van der Waals surface area contributed by atoms with E-state index in [1.807, 2.05) is 0 Å². The molecular formula is C7H8BrCl2NO2S2. The molecule has 0 aliphatic heterocycles. The summed E-state index contributed by atoms with van der Waals surface area (Å²) in [6.07, 6.45) is 0. The average Bonchev–Trinajstić information content (AvgIpc) is 2.45. The summed E-state index contributed by atoms with van der Waals surface area (Å²) in [6, 6.07) is 1.40. The molecule has 0 saturated heterocycles. The molecule has 0 amide bonds. The number of halogens is 3. The van der Waals surface area contributed by atoms with E-state index in [9.17, 15) is 8.42 Å². The number of alkyl halides is 1. The first-order valence-corrected chi connectivity index (χ1v) is 7.82. The van der Waals surface area contributed by atoms with Crippen LogP contribution >= 0.6 is 50.5 Å². The van der Waals surface area contributed by atoms with Gasteiger partial charge in [-0.05, 0) is 28.9 Å². The van der Waals surface area contributed by atoms with Crippen LogP contribution in [0.5, 0.6) is 0 Å². The lowest BCUT2D eigenvalue weighted by Crippen LogP contribution is -2.28. The molecular weight excluding hydrogens is 345 g/mol. The van der Waals surface area contributed by atoms with Crippen LogP contribution in [0, 0.1) is 0 Å². The predicted molar refractivity (Wildman–Crippen MR) is 67.5 cm³/mol. The van der Waals surface area contributed by atoms with E-state index >= 15 is 0 Å². The monoisotopic (exact) mass is 351 g/mol. The Morgan fingerprint density at radius 3 is 2.67 bits per heavy atom. The lowest BCUT2D eigenvalue weighted by Gasteiger charge is -2.05. The fourth-order valence-corrected chi connectivity index (χ4v) is 4.50. The number of hydrogen-bond donors (Lipinski definition) is 1. The third-order valence-electron chi connectivity index (χ3n) is 1.44. The molecule has 3 nitrogen and oxygen atoms in total. The maximum absolute atomic E-state index is 11.7. The Morgan fingerprint density at radius 2 is 2.27 bits per heavy atom. The van der Waals surface area contributed by atoms with Gasteiger partial charge in [0.2, 0.25) is 10.0 Å². The zero-order valence-electron chi connectivity index (χ0n) is 7.63. The fraction of sp³-hybridized carbons (Fsp3) is 0.429. The zero-order valence-corrected chi connectivity index (χ0v) is 12.4. The second-order valence-corrected chi connectivity index (χ2v) is 8.34. The Hall–Kier alpha value is 0.670. The lowest BCUT2D eigenvalue weighted by molar-refractivity contribution is 0.583. The van der Waals surface area contributed by atoms with Crippen molar-refractivity contribution in [2.45, 2.75) is 16.5 Å². The van der Waals surface area contributed by atoms with E-state index in [1.165, 1.54) is 6.07 Å². The van der Waals surface area contributed by atoms with Gasteiger partial charge in [0.05, 0.1) is 8.81 Å². The molecule has 1 rings (SSSR count). The molecule has 86 valence electrons. The van der Waals surface area contributed by atoms with E-state index in [0.29, 0.717) is 8.81 Å². The highest BCUT2D eigenvalue weighted by Crippen LogP contribution is 2.34. The summed E-state index contributed by atoms with van der Waals surface area (Å²) in [5.74, 6) is 0. The second-order valence-electron chi connectivity index (χ2n) is 2.82. The molecule has 8 heteroatoms. The summed E-state index contributed by atoms with van der Waals surface area (Å²) in [6.45, 7) is 1.90. The van der Waals surface area contributed by atoms with Crippen LogP contribution < -0.4 is 4.72 Å². The minimum Gasteiger partial charge on any atom is -0.209 e. The van der Waals surface area contributed by atoms with Crippen molar-refractivity contribution in [3.05, 3.63) is 14.9 Å². The maximum atomic E-state index is 11.7. The van der Waals surface area contributed by atoms with Gasteiger partial charge in [0.1, 0.15) is 4.21 Å². The average molecular weight is 353 g/mol. The third-order valence-corrected chi connectivity index (χ3v) is 5.97. The Labute approximate surface area is 111 Å². The minimum atomic E-state index is -3.49. The highest BCUT2D eigenvalue weighted by atomic mass is 79.9. The molecule has 0 radical (unpaired) electrons. The second kappa shape index (κ2) is 5.33. The number of sulfonamides is 1. The Bertz CT molecular complexity index is 424. The molecule has 1 N–H and O–H groups in total. The largest absolute Gasteiger partial charge is 0.250 e. The summed E-state index contributed by atoms with van der Waals surface area (Å²) >= 11 is 15.6. The Balaban J connectivity index is 2.87. The molecule has 0 spiro atoms. The van der Waals surface area contributed by atoms with Crippen molar-refractivity contribution >= 4 is 60.5 Å². The predicted octanol–water partition coefficient (Wildman–Crippen LogP) is 3.07. The summed E-state index contributed by atoms with van der Waals surface area (Å²) in [5, 5.41) is 0.137. The molecule has 1 atom stereocenters. The van der Waals surface area contributed by atoms with E-state index in [2.05, 4.69) is 20.7 Å². The Morgan fingerprint density at radius 1 is 1.67 bits per heavy atom. The fourth-order valence-electron chi connectivity index (χ4n) is 0.755. The summed E-state index contributed by atoms with van der Waals surface area (Å²) in [4.78, 5) is 0. The first-order chi connectivity index (χ1) is 6.83. The zero-order chi connectivity index (χ0) is 11.6. The van der Waals surface area contributed by atoms with Crippen molar-refractivity contribution < 1.29 is 8.42 Å². The van der Waals surface area contributed by atoms with Gasteiger partial charge in [-0.25, -0.2) is 13.1 Å². The van der Waals surface area contributed by atoms with Crippen molar-refractivity contribution in [2.24, 2.45) is 0 Å². The lowest BCUT2D eigenvalue weighted by atomic mass is 10.5. The maximum Gasteiger partial charge on any atom is 0.250 e. The number of hydrogen-bond acceptors (Lipinski definition) is 3. The first-order valence-electron chi connectivity index (χ1n) is 3.91. The van der Waals surface area contributed by atoms with E-state index in [0.717, 1.165) is 11.3 Å². The summed E-state index contributed by atoms with van der Waals surface area (Å²) < 4.78 is 26.5. The van der Waals surface area contributed by atoms with E-state index in [4.69, 9.17) is 23.2 Å². The summed E-state index contributed by atoms with van der Waals surface area (Å²) in [5.41, 5.74) is 0. The van der Waals surface area contributed by atoms with Crippen molar-refractivity contribution in [2.75, 3.05) is 6.54 Å². The van der Waals surface area contributed by atoms with Crippen LogP contribution in [0.4, 0.5) is 0 Å². The van der Waals surface area contributed by atoms with Gasteiger partial charge in [-0.3, -0.25) is 0 Å². The molecule has 0 fully saturated rings. The molecule has 15 heavy (non-hydrogen) atoms.